The molecule has 332 valence electrons. The number of rotatable bonds is 24. The van der Waals surface area contributed by atoms with Gasteiger partial charge in [0, 0.05) is 75.3 Å². The van der Waals surface area contributed by atoms with Gasteiger partial charge in [-0.05, 0) is 26.2 Å². The van der Waals surface area contributed by atoms with Gasteiger partial charge in [0.2, 0.25) is 53.2 Å². The second kappa shape index (κ2) is 23.5. The van der Waals surface area contributed by atoms with Crippen LogP contribution in [0.3, 0.4) is 0 Å². The molecule has 9 amide bonds. The van der Waals surface area contributed by atoms with E-state index in [0.717, 1.165) is 0 Å². The van der Waals surface area contributed by atoms with E-state index in [4.69, 9.17) is 5.73 Å². The summed E-state index contributed by atoms with van der Waals surface area (Å²) < 4.78 is 0. The lowest BCUT2D eigenvalue weighted by Gasteiger charge is -2.27. The molecule has 0 radical (unpaired) electrons. The molecule has 7 atom stereocenters. The number of hydrogen-bond acceptors (Lipinski definition) is 12. The quantitative estimate of drug-likeness (QED) is 0.0411. The van der Waals surface area contributed by atoms with Gasteiger partial charge >= 0.3 is 0 Å². The van der Waals surface area contributed by atoms with Crippen molar-refractivity contribution in [2.75, 3.05) is 6.54 Å². The van der Waals surface area contributed by atoms with E-state index in [1.54, 1.807) is 0 Å². The summed E-state index contributed by atoms with van der Waals surface area (Å²) in [7, 11) is 0. The van der Waals surface area contributed by atoms with Gasteiger partial charge in [-0.1, -0.05) is 13.8 Å². The highest BCUT2D eigenvalue weighted by molar-refractivity contribution is 5.97. The van der Waals surface area contributed by atoms with Crippen LogP contribution in [-0.4, -0.2) is 132 Å². The van der Waals surface area contributed by atoms with Crippen LogP contribution in [0, 0.1) is 5.92 Å². The second-order valence-corrected chi connectivity index (χ2v) is 14.8. The fourth-order valence-electron chi connectivity index (χ4n) is 5.85. The van der Waals surface area contributed by atoms with E-state index in [-0.39, 0.29) is 31.6 Å². The van der Waals surface area contributed by atoms with E-state index in [9.17, 15) is 43.2 Å². The number of H-pyrrole nitrogens is 3. The molecule has 0 bridgehead atoms. The normalized spacial score (nSPS) is 14.4. The third-order valence-electron chi connectivity index (χ3n) is 8.94. The van der Waals surface area contributed by atoms with Crippen LogP contribution in [0.1, 0.15) is 65.0 Å². The topological polar surface area (TPSA) is 362 Å². The molecule has 0 aliphatic carbocycles. The van der Waals surface area contributed by atoms with E-state index >= 15 is 0 Å². The molecule has 1 unspecified atom stereocenters. The number of carbonyl (C=O) groups is 9. The van der Waals surface area contributed by atoms with Crippen LogP contribution in [0.15, 0.2) is 37.6 Å². The number of nitrogens with zero attached hydrogens (tertiary/aromatic N) is 3. The summed E-state index contributed by atoms with van der Waals surface area (Å²) >= 11 is 0. The highest BCUT2D eigenvalue weighted by Gasteiger charge is 2.33. The van der Waals surface area contributed by atoms with Gasteiger partial charge in [-0.2, -0.15) is 0 Å². The van der Waals surface area contributed by atoms with Gasteiger partial charge in [-0.3, -0.25) is 43.2 Å². The van der Waals surface area contributed by atoms with Crippen molar-refractivity contribution in [3.05, 3.63) is 54.7 Å². The van der Waals surface area contributed by atoms with Crippen molar-refractivity contribution in [3.63, 3.8) is 0 Å². The number of nitrogens with one attached hydrogen (secondary N) is 11. The van der Waals surface area contributed by atoms with Crippen molar-refractivity contribution in [2.45, 2.75) is 110 Å². The van der Waals surface area contributed by atoms with Crippen LogP contribution in [0.2, 0.25) is 0 Å². The highest BCUT2D eigenvalue weighted by Crippen LogP contribution is 2.07. The smallest absolute Gasteiger partial charge is 0.245 e. The molecule has 0 saturated carbocycles. The SMILES string of the molecule is CC(=O)N[C@@H](Cc1cnc[nH]1)C(=O)N[C@@H](C)C(=O)NCC(NC(=O)[C@H](C)NC(=O)[C@H](Cc1cnc[nH]1)NC(C)=O)C(=O)N[C@@H](Cc1cnc[nH]1)C(=O)N[C@@H](CC(C)C)C(N)=O. The van der Waals surface area contributed by atoms with Gasteiger partial charge in [0.15, 0.2) is 0 Å². The lowest BCUT2D eigenvalue weighted by atomic mass is 10.0. The molecule has 13 N–H and O–H groups in total. The maximum atomic E-state index is 14.0. The summed E-state index contributed by atoms with van der Waals surface area (Å²) in [6, 6.07) is -8.80. The number of amides is 9. The van der Waals surface area contributed by atoms with Crippen molar-refractivity contribution in [3.8, 4) is 0 Å². The van der Waals surface area contributed by atoms with E-state index in [0.29, 0.717) is 17.1 Å². The summed E-state index contributed by atoms with van der Waals surface area (Å²) in [5.74, 6) is -6.75. The third kappa shape index (κ3) is 16.6. The van der Waals surface area contributed by atoms with Crippen LogP contribution in [0.25, 0.3) is 0 Å². The van der Waals surface area contributed by atoms with Gasteiger partial charge in [-0.15, -0.1) is 0 Å². The van der Waals surface area contributed by atoms with Crippen molar-refractivity contribution in [1.82, 2.24) is 72.4 Å². The Bertz CT molecular complexity index is 1950. The molecule has 0 aromatic carbocycles. The molecule has 3 aromatic heterocycles. The fourth-order valence-corrected chi connectivity index (χ4v) is 5.85. The summed E-state index contributed by atoms with van der Waals surface area (Å²) in [4.78, 5) is 137. The Labute approximate surface area is 350 Å². The zero-order valence-electron chi connectivity index (χ0n) is 34.7. The van der Waals surface area contributed by atoms with Crippen LogP contribution in [0.5, 0.6) is 0 Å². The first kappa shape index (κ1) is 48.2. The van der Waals surface area contributed by atoms with Crippen LogP contribution >= 0.6 is 0 Å². The van der Waals surface area contributed by atoms with E-state index in [1.165, 1.54) is 65.3 Å². The predicted molar refractivity (Wildman–Crippen MR) is 215 cm³/mol. The van der Waals surface area contributed by atoms with Crippen LogP contribution in [0.4, 0.5) is 0 Å². The molecule has 3 aromatic rings. The largest absolute Gasteiger partial charge is 0.368 e. The number of hydrogen-bond donors (Lipinski definition) is 12. The van der Waals surface area contributed by atoms with Crippen molar-refractivity contribution < 1.29 is 43.2 Å². The lowest BCUT2D eigenvalue weighted by Crippen LogP contribution is -2.61. The van der Waals surface area contributed by atoms with Crippen LogP contribution < -0.4 is 48.3 Å². The molecule has 0 spiro atoms. The van der Waals surface area contributed by atoms with Crippen molar-refractivity contribution in [1.29, 1.82) is 0 Å². The number of nitrogens with two attached hydrogens (primary N) is 1. The molecule has 24 heteroatoms. The average Bonchev–Trinajstić information content (AvgIpc) is 4.00. The summed E-state index contributed by atoms with van der Waals surface area (Å²) in [6.07, 6.45) is 8.58. The molecule has 24 nitrogen and oxygen atoms in total. The molecule has 61 heavy (non-hydrogen) atoms. The maximum absolute atomic E-state index is 14.0. The maximum Gasteiger partial charge on any atom is 0.245 e. The molecule has 0 fully saturated rings. The Morgan fingerprint density at radius 1 is 0.508 bits per heavy atom. The lowest BCUT2D eigenvalue weighted by molar-refractivity contribution is -0.135. The number of aromatic amines is 3. The van der Waals surface area contributed by atoms with Crippen molar-refractivity contribution >= 4 is 53.2 Å². The Morgan fingerprint density at radius 2 is 0.869 bits per heavy atom. The Balaban J connectivity index is 1.83. The monoisotopic (exact) mass is 853 g/mol. The van der Waals surface area contributed by atoms with Gasteiger partial charge in [0.1, 0.15) is 42.3 Å². The minimum Gasteiger partial charge on any atom is -0.368 e. The van der Waals surface area contributed by atoms with Gasteiger partial charge in [0.25, 0.3) is 0 Å². The zero-order valence-corrected chi connectivity index (χ0v) is 34.7. The first-order valence-corrected chi connectivity index (χ1v) is 19.4. The Hall–Kier alpha value is -7.14. The Kier molecular flexibility index (Phi) is 18.5. The predicted octanol–water partition coefficient (Wildman–Crippen LogP) is -4.00. The second-order valence-electron chi connectivity index (χ2n) is 14.8. The van der Waals surface area contributed by atoms with E-state index in [2.05, 4.69) is 72.4 Å². The summed E-state index contributed by atoms with van der Waals surface area (Å²) in [5, 5.41) is 20.2. The number of aromatic nitrogens is 6. The molecule has 3 rings (SSSR count). The standard InChI is InChI=1S/C37H55N15O9/c1-18(2)7-26(31(38)55)50-36(60)29(10-25-13-41-17-45-25)51-37(61)30(52-33(57)20(4)47-35(59)28(49-22(6)54)9-24-12-40-16-44-24)14-42-32(56)19(3)46-34(58)27(48-21(5)53)8-23-11-39-15-43-23/h11-13,15-20,26-30H,7-10,14H2,1-6H3,(H2,38,55)(H,39,43)(H,40,44)(H,41,45)(H,42,56)(H,46,58)(H,47,59)(H,48,53)(H,49,54)(H,50,60)(H,51,61)(H,52,57)/t19-,20-,26-,27-,28-,29-,30?/m0/s1. The first-order valence-electron chi connectivity index (χ1n) is 19.4. The molecule has 0 aliphatic rings. The molecule has 0 aliphatic heterocycles. The number of imidazole rings is 3. The number of primary amides is 1. The minimum atomic E-state index is -1.61. The van der Waals surface area contributed by atoms with Gasteiger partial charge in [0.05, 0.1) is 19.0 Å². The van der Waals surface area contributed by atoms with Gasteiger partial charge in [-0.25, -0.2) is 15.0 Å². The highest BCUT2D eigenvalue weighted by atomic mass is 16.2. The van der Waals surface area contributed by atoms with Crippen LogP contribution in [-0.2, 0) is 62.4 Å². The molecular weight excluding hydrogens is 799 g/mol. The fraction of sp³-hybridized carbons (Fsp3) is 0.514. The zero-order chi connectivity index (χ0) is 45.2. The average molecular weight is 854 g/mol. The first-order chi connectivity index (χ1) is 28.8. The molecule has 0 saturated heterocycles. The third-order valence-corrected chi connectivity index (χ3v) is 8.94. The molecule has 3 heterocycles. The van der Waals surface area contributed by atoms with E-state index < -0.39 is 102 Å². The molecular formula is C37H55N15O9. The van der Waals surface area contributed by atoms with Gasteiger partial charge < -0.3 is 63.2 Å². The minimum absolute atomic E-state index is 0.00777. The van der Waals surface area contributed by atoms with Crippen molar-refractivity contribution in [2.24, 2.45) is 11.7 Å². The van der Waals surface area contributed by atoms with E-state index in [1.807, 2.05) is 13.8 Å². The summed E-state index contributed by atoms with van der Waals surface area (Å²) in [5.41, 5.74) is 7.03. The number of carbonyl (C=O) groups excluding carboxylic acids is 9. The summed E-state index contributed by atoms with van der Waals surface area (Å²) in [6.45, 7) is 8.17. The Morgan fingerprint density at radius 3 is 1.25 bits per heavy atom.